The molecule has 13 nitrogen and oxygen atoms in total. The maximum absolute atomic E-state index is 11.7. The second-order valence-electron chi connectivity index (χ2n) is 4.74. The van der Waals surface area contributed by atoms with Gasteiger partial charge in [-0.1, -0.05) is 11.8 Å². The Hall–Kier alpha value is -3.68. The Morgan fingerprint density at radius 1 is 1.52 bits per heavy atom. The third kappa shape index (κ3) is 5.15. The predicted molar refractivity (Wildman–Crippen MR) is 93.3 cm³/mol. The summed E-state index contributed by atoms with van der Waals surface area (Å²) in [5.41, 5.74) is 0.273. The topological polar surface area (TPSA) is 193 Å². The number of rotatable bonds is 7. The van der Waals surface area contributed by atoms with E-state index in [9.17, 15) is 29.6 Å². The van der Waals surface area contributed by atoms with Crippen molar-refractivity contribution < 1.29 is 19.6 Å². The van der Waals surface area contributed by atoms with E-state index in [2.05, 4.69) is 15.6 Å². The molecule has 0 bridgehead atoms. The first-order valence-electron chi connectivity index (χ1n) is 7.01. The highest BCUT2D eigenvalue weighted by atomic mass is 32.2. The highest BCUT2D eigenvalue weighted by molar-refractivity contribution is 7.99. The molecule has 1 heterocycles. The first-order valence-corrected chi connectivity index (χ1v) is 7.99. The van der Waals surface area contributed by atoms with E-state index < -0.39 is 33.5 Å². The number of thioether (sulfide) groups is 1. The highest BCUT2D eigenvalue weighted by Crippen LogP contribution is 2.36. The van der Waals surface area contributed by atoms with Gasteiger partial charge in [-0.3, -0.25) is 24.7 Å². The van der Waals surface area contributed by atoms with Crippen LogP contribution in [0.4, 0.5) is 5.69 Å². The Kier molecular flexibility index (Phi) is 6.27. The fraction of sp³-hybridized carbons (Fsp3) is 0.154. The molecule has 2 aromatic rings. The van der Waals surface area contributed by atoms with E-state index in [1.165, 1.54) is 13.2 Å². The van der Waals surface area contributed by atoms with Crippen LogP contribution in [0.1, 0.15) is 5.56 Å². The molecule has 0 radical (unpaired) electrons. The van der Waals surface area contributed by atoms with Gasteiger partial charge in [-0.15, -0.1) is 0 Å². The number of hydrazone groups is 1. The molecule has 0 saturated carbocycles. The summed E-state index contributed by atoms with van der Waals surface area (Å²) in [6.45, 7) is 0. The number of carbonyl (C=O) groups is 1. The number of benzene rings is 1. The number of carbonyl (C=O) groups excluding carboxylic acids is 1. The Labute approximate surface area is 153 Å². The predicted octanol–water partition coefficient (Wildman–Crippen LogP) is -0.677. The van der Waals surface area contributed by atoms with Gasteiger partial charge in [0, 0.05) is 11.6 Å². The zero-order chi connectivity index (χ0) is 20.0. The van der Waals surface area contributed by atoms with E-state index in [1.807, 2.05) is 10.1 Å². The Bertz CT molecular complexity index is 1010. The number of nitrogens with zero attached hydrogens (tertiary/aromatic N) is 3. The van der Waals surface area contributed by atoms with Gasteiger partial charge in [-0.05, 0) is 6.07 Å². The lowest BCUT2D eigenvalue weighted by Crippen LogP contribution is -2.26. The largest absolute Gasteiger partial charge is 0.500 e. The summed E-state index contributed by atoms with van der Waals surface area (Å²) in [7, 11) is 1.23. The molecule has 0 atom stereocenters. The first kappa shape index (κ1) is 19.6. The smallest absolute Gasteiger partial charge is 0.342 e. The molecule has 0 fully saturated rings. The van der Waals surface area contributed by atoms with Crippen molar-refractivity contribution >= 4 is 29.6 Å². The van der Waals surface area contributed by atoms with Crippen molar-refractivity contribution in [2.75, 3.05) is 12.9 Å². The summed E-state index contributed by atoms with van der Waals surface area (Å²) in [6.07, 6.45) is 1.11. The number of methoxy groups -OCH3 is 1. The molecule has 27 heavy (non-hydrogen) atoms. The summed E-state index contributed by atoms with van der Waals surface area (Å²) >= 11 is 0.771. The van der Waals surface area contributed by atoms with Crippen molar-refractivity contribution in [3.63, 3.8) is 0 Å². The molecule has 0 spiro atoms. The lowest BCUT2D eigenvalue weighted by Gasteiger charge is -2.05. The van der Waals surface area contributed by atoms with Crippen LogP contribution in [-0.4, -0.2) is 50.2 Å². The lowest BCUT2D eigenvalue weighted by atomic mass is 10.2. The monoisotopic (exact) mass is 396 g/mol. The number of nitro benzene ring substituents is 1. The molecule has 0 aliphatic carbocycles. The lowest BCUT2D eigenvalue weighted by molar-refractivity contribution is -0.386. The van der Waals surface area contributed by atoms with Gasteiger partial charge in [0.15, 0.2) is 10.8 Å². The van der Waals surface area contributed by atoms with Gasteiger partial charge >= 0.3 is 11.4 Å². The van der Waals surface area contributed by atoms with Gasteiger partial charge in [-0.2, -0.15) is 10.2 Å². The summed E-state index contributed by atoms with van der Waals surface area (Å²) < 4.78 is 4.84. The minimum Gasteiger partial charge on any atom is -0.500 e. The molecule has 14 heteroatoms. The number of aromatic hydroxyl groups is 1. The molecule has 1 amide bonds. The number of phenols is 1. The maximum Gasteiger partial charge on any atom is 0.342 e. The fourth-order valence-corrected chi connectivity index (χ4v) is 2.39. The van der Waals surface area contributed by atoms with E-state index >= 15 is 0 Å². The molecule has 142 valence electrons. The number of amides is 1. The zero-order valence-electron chi connectivity index (χ0n) is 13.6. The number of nitrogens with one attached hydrogen (secondary N) is 3. The molecule has 0 unspecified atom stereocenters. The van der Waals surface area contributed by atoms with Gasteiger partial charge in [-0.25, -0.2) is 15.3 Å². The third-order valence-corrected chi connectivity index (χ3v) is 3.87. The van der Waals surface area contributed by atoms with Gasteiger partial charge in [0.1, 0.15) is 0 Å². The molecular weight excluding hydrogens is 384 g/mol. The minimum atomic E-state index is -0.793. The van der Waals surface area contributed by atoms with Crippen LogP contribution in [0.25, 0.3) is 0 Å². The van der Waals surface area contributed by atoms with E-state index in [0.29, 0.717) is 0 Å². The number of aromatic nitrogens is 3. The van der Waals surface area contributed by atoms with Crippen molar-refractivity contribution in [3.8, 4) is 11.5 Å². The number of ether oxygens (including phenoxy) is 1. The number of nitro groups is 1. The fourth-order valence-electron chi connectivity index (χ4n) is 1.76. The van der Waals surface area contributed by atoms with Crippen LogP contribution in [0, 0.1) is 10.1 Å². The van der Waals surface area contributed by atoms with Gasteiger partial charge in [0.2, 0.25) is 11.7 Å². The van der Waals surface area contributed by atoms with Gasteiger partial charge in [0.25, 0.3) is 5.56 Å². The van der Waals surface area contributed by atoms with Crippen LogP contribution in [-0.2, 0) is 4.79 Å². The van der Waals surface area contributed by atoms with Crippen molar-refractivity contribution in [1.29, 1.82) is 0 Å². The summed E-state index contributed by atoms with van der Waals surface area (Å²) in [5, 5.41) is 29.6. The molecule has 1 aromatic heterocycles. The SMILES string of the molecule is COc1cc(/C=N/NC(=O)CSc2n[nH]c(=O)[nH]c2=O)cc([N+](=O)[O-])c1O. The van der Waals surface area contributed by atoms with E-state index in [0.717, 1.165) is 24.0 Å². The third-order valence-electron chi connectivity index (χ3n) is 2.92. The average Bonchev–Trinajstić information content (AvgIpc) is 2.61. The molecule has 0 saturated heterocycles. The van der Waals surface area contributed by atoms with Crippen LogP contribution < -0.4 is 21.4 Å². The minimum absolute atomic E-state index is 0.104. The summed E-state index contributed by atoms with van der Waals surface area (Å²) in [4.78, 5) is 46.0. The van der Waals surface area contributed by atoms with Crippen molar-refractivity contribution in [3.05, 3.63) is 48.6 Å². The molecule has 1 aromatic carbocycles. The van der Waals surface area contributed by atoms with Crippen LogP contribution in [0.5, 0.6) is 11.5 Å². The number of aromatic amines is 2. The van der Waals surface area contributed by atoms with Crippen LogP contribution in [0.2, 0.25) is 0 Å². The number of H-pyrrole nitrogens is 2. The molecule has 0 aliphatic heterocycles. The first-order chi connectivity index (χ1) is 12.8. The van der Waals surface area contributed by atoms with Crippen molar-refractivity contribution in [2.24, 2.45) is 5.10 Å². The van der Waals surface area contributed by atoms with Gasteiger partial charge in [0.05, 0.1) is 24.0 Å². The number of hydrogen-bond donors (Lipinski definition) is 4. The summed E-state index contributed by atoms with van der Waals surface area (Å²) in [5.74, 6) is -1.57. The highest BCUT2D eigenvalue weighted by Gasteiger charge is 2.19. The Morgan fingerprint density at radius 2 is 2.26 bits per heavy atom. The number of hydrogen-bond acceptors (Lipinski definition) is 10. The quantitative estimate of drug-likeness (QED) is 0.203. The van der Waals surface area contributed by atoms with Crippen LogP contribution >= 0.6 is 11.8 Å². The second-order valence-corrected chi connectivity index (χ2v) is 5.71. The summed E-state index contributed by atoms with van der Waals surface area (Å²) in [6, 6.07) is 2.34. The standard InChI is InChI=1S/C13H12N6O7S/c1-26-8-3-6(2-7(10(8)21)19(24)25)4-14-16-9(20)5-27-12-11(22)15-13(23)18-17-12/h2-4,21H,5H2,1H3,(H,16,20)(H2,15,18,22,23)/b14-4+. The molecular formula is C13H12N6O7S. The van der Waals surface area contributed by atoms with Crippen LogP contribution in [0.15, 0.2) is 31.8 Å². The van der Waals surface area contributed by atoms with E-state index in [1.54, 1.807) is 0 Å². The molecule has 2 rings (SSSR count). The molecule has 0 aliphatic rings. The van der Waals surface area contributed by atoms with Gasteiger partial charge < -0.3 is 9.84 Å². The zero-order valence-corrected chi connectivity index (χ0v) is 14.4. The average molecular weight is 396 g/mol. The molecule has 4 N–H and O–H groups in total. The van der Waals surface area contributed by atoms with E-state index in [4.69, 9.17) is 4.74 Å². The van der Waals surface area contributed by atoms with Crippen molar-refractivity contribution in [1.82, 2.24) is 20.6 Å². The van der Waals surface area contributed by atoms with Crippen molar-refractivity contribution in [2.45, 2.75) is 5.03 Å². The number of phenolic OH excluding ortho intramolecular Hbond substituents is 1. The maximum atomic E-state index is 11.7. The second kappa shape index (κ2) is 8.61. The Balaban J connectivity index is 2.01. The normalized spacial score (nSPS) is 10.7. The Morgan fingerprint density at radius 3 is 2.89 bits per heavy atom. The van der Waals surface area contributed by atoms with Crippen LogP contribution in [0.3, 0.4) is 0 Å². The van der Waals surface area contributed by atoms with E-state index in [-0.39, 0.29) is 22.1 Å².